The van der Waals surface area contributed by atoms with Crippen LogP contribution in [0.4, 0.5) is 5.69 Å². The largest absolute Gasteiger partial charge is 0.459 e. The second kappa shape index (κ2) is 10.4. The molecule has 1 saturated carbocycles. The van der Waals surface area contributed by atoms with Crippen LogP contribution in [0.5, 0.6) is 0 Å². The van der Waals surface area contributed by atoms with Gasteiger partial charge in [-0.15, -0.1) is 0 Å². The van der Waals surface area contributed by atoms with Crippen molar-refractivity contribution in [3.05, 3.63) is 54.0 Å². The molecule has 3 atom stereocenters. The number of rotatable bonds is 8. The fourth-order valence-electron chi connectivity index (χ4n) is 4.05. The van der Waals surface area contributed by atoms with Crippen LogP contribution in [-0.4, -0.2) is 24.5 Å². The Bertz CT molecular complexity index is 814. The normalized spacial score (nSPS) is 21.4. The zero-order valence-electron chi connectivity index (χ0n) is 18.0. The van der Waals surface area contributed by atoms with Gasteiger partial charge in [0.05, 0.1) is 12.4 Å². The van der Waals surface area contributed by atoms with Crippen LogP contribution in [0.25, 0.3) is 0 Å². The molecule has 6 heteroatoms. The van der Waals surface area contributed by atoms with Crippen molar-refractivity contribution in [1.29, 1.82) is 0 Å². The fourth-order valence-corrected chi connectivity index (χ4v) is 4.05. The smallest absolute Gasteiger partial charge is 0.291 e. The Morgan fingerprint density at radius 3 is 2.60 bits per heavy atom. The van der Waals surface area contributed by atoms with E-state index in [1.807, 2.05) is 12.1 Å². The minimum Gasteiger partial charge on any atom is -0.459 e. The second-order valence-corrected chi connectivity index (χ2v) is 8.58. The van der Waals surface area contributed by atoms with Crippen molar-refractivity contribution in [2.75, 3.05) is 11.9 Å². The van der Waals surface area contributed by atoms with Gasteiger partial charge >= 0.3 is 0 Å². The van der Waals surface area contributed by atoms with E-state index in [4.69, 9.17) is 9.15 Å². The molecule has 2 N–H and O–H groups in total. The molecule has 30 heavy (non-hydrogen) atoms. The van der Waals surface area contributed by atoms with E-state index >= 15 is 0 Å². The first-order valence-electron chi connectivity index (χ1n) is 10.7. The first-order valence-corrected chi connectivity index (χ1v) is 10.7. The van der Waals surface area contributed by atoms with Crippen molar-refractivity contribution in [1.82, 2.24) is 5.32 Å². The first-order chi connectivity index (χ1) is 14.4. The zero-order valence-corrected chi connectivity index (χ0v) is 18.0. The average Bonchev–Trinajstić information content (AvgIpc) is 3.26. The van der Waals surface area contributed by atoms with E-state index < -0.39 is 0 Å². The monoisotopic (exact) mass is 412 g/mol. The molecule has 162 valence electrons. The number of hydrogen-bond acceptors (Lipinski definition) is 4. The van der Waals surface area contributed by atoms with Crippen LogP contribution < -0.4 is 10.6 Å². The van der Waals surface area contributed by atoms with Crippen molar-refractivity contribution < 1.29 is 18.7 Å². The Kier molecular flexibility index (Phi) is 7.69. The third-order valence-corrected chi connectivity index (χ3v) is 5.84. The van der Waals surface area contributed by atoms with Crippen molar-refractivity contribution in [3.8, 4) is 0 Å². The molecule has 0 aliphatic heterocycles. The average molecular weight is 413 g/mol. The number of nitrogens with one attached hydrogen (secondary N) is 2. The van der Waals surface area contributed by atoms with Gasteiger partial charge in [0.15, 0.2) is 5.76 Å². The number of amides is 2. The number of benzene rings is 1. The molecule has 1 aliphatic carbocycles. The van der Waals surface area contributed by atoms with Gasteiger partial charge in [-0.3, -0.25) is 9.59 Å². The molecular weight excluding hydrogens is 380 g/mol. The molecule has 1 aromatic carbocycles. The molecule has 2 amide bonds. The summed E-state index contributed by atoms with van der Waals surface area (Å²) in [4.78, 5) is 24.2. The maximum absolute atomic E-state index is 12.3. The molecule has 1 fully saturated rings. The van der Waals surface area contributed by atoms with E-state index in [0.29, 0.717) is 30.0 Å². The van der Waals surface area contributed by atoms with Gasteiger partial charge in [-0.05, 0) is 60.4 Å². The zero-order chi connectivity index (χ0) is 21.5. The lowest BCUT2D eigenvalue weighted by molar-refractivity contribution is -0.131. The molecule has 2 aromatic rings. The van der Waals surface area contributed by atoms with Gasteiger partial charge in [0, 0.05) is 12.2 Å². The van der Waals surface area contributed by atoms with Crippen LogP contribution in [-0.2, 0) is 16.1 Å². The summed E-state index contributed by atoms with van der Waals surface area (Å²) >= 11 is 0. The number of carbonyl (C=O) groups is 2. The molecule has 0 bridgehead atoms. The van der Waals surface area contributed by atoms with Crippen LogP contribution in [0, 0.1) is 17.8 Å². The van der Waals surface area contributed by atoms with Crippen molar-refractivity contribution in [2.24, 2.45) is 17.8 Å². The highest BCUT2D eigenvalue weighted by molar-refractivity contribution is 6.02. The molecule has 1 aliphatic rings. The maximum Gasteiger partial charge on any atom is 0.291 e. The number of anilines is 1. The summed E-state index contributed by atoms with van der Waals surface area (Å²) in [5.74, 6) is 1.61. The van der Waals surface area contributed by atoms with Gasteiger partial charge in [-0.2, -0.15) is 0 Å². The van der Waals surface area contributed by atoms with Crippen molar-refractivity contribution in [3.63, 3.8) is 0 Å². The van der Waals surface area contributed by atoms with Crippen LogP contribution >= 0.6 is 0 Å². The van der Waals surface area contributed by atoms with E-state index in [2.05, 4.69) is 31.4 Å². The maximum atomic E-state index is 12.3. The predicted molar refractivity (Wildman–Crippen MR) is 116 cm³/mol. The minimum atomic E-state index is -0.296. The lowest BCUT2D eigenvalue weighted by atomic mass is 9.75. The quantitative estimate of drug-likeness (QED) is 0.663. The fraction of sp³-hybridized carbons (Fsp3) is 0.500. The van der Waals surface area contributed by atoms with Crippen LogP contribution in [0.1, 0.15) is 56.2 Å². The van der Waals surface area contributed by atoms with Crippen molar-refractivity contribution >= 4 is 17.5 Å². The summed E-state index contributed by atoms with van der Waals surface area (Å²) in [6, 6.07) is 10.6. The van der Waals surface area contributed by atoms with Gasteiger partial charge < -0.3 is 19.8 Å². The summed E-state index contributed by atoms with van der Waals surface area (Å²) in [5, 5.41) is 5.68. The van der Waals surface area contributed by atoms with E-state index in [0.717, 1.165) is 12.0 Å². The Morgan fingerprint density at radius 1 is 1.17 bits per heavy atom. The molecule has 1 aromatic heterocycles. The van der Waals surface area contributed by atoms with E-state index in [-0.39, 0.29) is 30.3 Å². The summed E-state index contributed by atoms with van der Waals surface area (Å²) < 4.78 is 11.1. The highest BCUT2D eigenvalue weighted by atomic mass is 16.5. The van der Waals surface area contributed by atoms with Crippen LogP contribution in [0.3, 0.4) is 0 Å². The standard InChI is InChI=1S/C24H32N2O4/c1-16(2)20-11-6-17(3)13-22(20)30-15-23(27)25-14-18-7-9-19(10-8-18)26-24(28)21-5-4-12-29-21/h4-5,7-10,12,16-17,20,22H,6,11,13-15H2,1-3H3,(H,25,27)(H,26,28)/t17-,20+,22+/m1/s1. The van der Waals surface area contributed by atoms with E-state index in [1.165, 1.54) is 19.1 Å². The van der Waals surface area contributed by atoms with Gasteiger partial charge in [0.25, 0.3) is 5.91 Å². The molecule has 0 saturated heterocycles. The molecule has 3 rings (SSSR count). The minimum absolute atomic E-state index is 0.0951. The topological polar surface area (TPSA) is 80.6 Å². The van der Waals surface area contributed by atoms with Crippen molar-refractivity contribution in [2.45, 2.75) is 52.7 Å². The predicted octanol–water partition coefficient (Wildman–Crippen LogP) is 4.63. The van der Waals surface area contributed by atoms with Gasteiger partial charge in [0.1, 0.15) is 6.61 Å². The first kappa shape index (κ1) is 22.1. The SMILES string of the molecule is CC(C)[C@@H]1CC[C@@H](C)C[C@@H]1OCC(=O)NCc1ccc(NC(=O)c2ccco2)cc1. The number of hydrogen-bond donors (Lipinski definition) is 2. The summed E-state index contributed by atoms with van der Waals surface area (Å²) in [7, 11) is 0. The number of furan rings is 1. The summed E-state index contributed by atoms with van der Waals surface area (Å²) in [6.07, 6.45) is 5.07. The molecular formula is C24H32N2O4. The lowest BCUT2D eigenvalue weighted by Gasteiger charge is -2.37. The van der Waals surface area contributed by atoms with Crippen LogP contribution in [0.15, 0.2) is 47.1 Å². The summed E-state index contributed by atoms with van der Waals surface area (Å²) in [6.45, 7) is 7.24. The molecule has 0 radical (unpaired) electrons. The Balaban J connectivity index is 1.42. The van der Waals surface area contributed by atoms with E-state index in [9.17, 15) is 9.59 Å². The lowest BCUT2D eigenvalue weighted by Crippen LogP contribution is -2.37. The van der Waals surface area contributed by atoms with Gasteiger partial charge in [-0.1, -0.05) is 39.3 Å². The molecule has 6 nitrogen and oxygen atoms in total. The molecule has 0 spiro atoms. The molecule has 0 unspecified atom stereocenters. The Labute approximate surface area is 178 Å². The number of ether oxygens (including phenoxy) is 1. The third-order valence-electron chi connectivity index (χ3n) is 5.84. The van der Waals surface area contributed by atoms with Crippen LogP contribution in [0.2, 0.25) is 0 Å². The Hall–Kier alpha value is -2.60. The number of carbonyl (C=O) groups excluding carboxylic acids is 2. The highest BCUT2D eigenvalue weighted by Gasteiger charge is 2.31. The summed E-state index contributed by atoms with van der Waals surface area (Å²) in [5.41, 5.74) is 1.62. The van der Waals surface area contributed by atoms with E-state index in [1.54, 1.807) is 24.3 Å². The van der Waals surface area contributed by atoms with Gasteiger partial charge in [-0.25, -0.2) is 0 Å². The highest BCUT2D eigenvalue weighted by Crippen LogP contribution is 2.35. The Morgan fingerprint density at radius 2 is 1.93 bits per heavy atom. The molecule has 1 heterocycles. The third kappa shape index (κ3) is 6.20. The van der Waals surface area contributed by atoms with Gasteiger partial charge in [0.2, 0.25) is 5.91 Å². The second-order valence-electron chi connectivity index (χ2n) is 8.58.